The highest BCUT2D eigenvalue weighted by Crippen LogP contribution is 2.40. The Morgan fingerprint density at radius 3 is 2.94 bits per heavy atom. The number of nitrogens with one attached hydrogen (secondary N) is 1. The van der Waals surface area contributed by atoms with Crippen molar-refractivity contribution in [1.82, 2.24) is 24.0 Å². The van der Waals surface area contributed by atoms with E-state index in [1.165, 1.54) is 16.7 Å². The fourth-order valence-electron chi connectivity index (χ4n) is 4.04. The summed E-state index contributed by atoms with van der Waals surface area (Å²) in [5.74, 6) is -2.08. The summed E-state index contributed by atoms with van der Waals surface area (Å²) in [4.78, 5) is 48.4. The van der Waals surface area contributed by atoms with Gasteiger partial charge >= 0.3 is 5.97 Å². The van der Waals surface area contributed by atoms with Crippen LogP contribution in [0.3, 0.4) is 0 Å². The van der Waals surface area contributed by atoms with E-state index in [0.717, 1.165) is 17.2 Å². The Morgan fingerprint density at radius 2 is 2.22 bits per heavy atom. The normalized spacial score (nSPS) is 19.8. The summed E-state index contributed by atoms with van der Waals surface area (Å²) in [5.41, 5.74) is 6.83. The third-order valence-corrected chi connectivity index (χ3v) is 7.50. The summed E-state index contributed by atoms with van der Waals surface area (Å²) in [6, 6.07) is 4.78. The van der Waals surface area contributed by atoms with E-state index in [0.29, 0.717) is 17.9 Å². The van der Waals surface area contributed by atoms with E-state index >= 15 is 0 Å². The summed E-state index contributed by atoms with van der Waals surface area (Å²) in [6.07, 6.45) is 5.63. The summed E-state index contributed by atoms with van der Waals surface area (Å²) in [7, 11) is 0. The molecule has 0 radical (unpaired) electrons. The van der Waals surface area contributed by atoms with Gasteiger partial charge in [0.25, 0.3) is 17.5 Å². The molecule has 1 fully saturated rings. The molecular formula is C21H21N8O5S2+. The largest absolute Gasteiger partial charge is 0.477 e. The van der Waals surface area contributed by atoms with Crippen LogP contribution < -0.4 is 15.6 Å². The molecule has 2 aliphatic heterocycles. The van der Waals surface area contributed by atoms with Crippen molar-refractivity contribution in [2.45, 2.75) is 24.9 Å². The molecule has 2 atom stereocenters. The maximum atomic E-state index is 13.1. The summed E-state index contributed by atoms with van der Waals surface area (Å²) in [6.45, 7) is 2.21. The number of amides is 2. The second-order valence-corrected chi connectivity index (χ2v) is 9.71. The maximum Gasteiger partial charge on any atom is 0.352 e. The van der Waals surface area contributed by atoms with Gasteiger partial charge < -0.3 is 21.0 Å². The average molecular weight is 530 g/mol. The van der Waals surface area contributed by atoms with Gasteiger partial charge in [-0.25, -0.2) is 13.8 Å². The highest BCUT2D eigenvalue weighted by Gasteiger charge is 2.54. The number of hydrogen-bond acceptors (Lipinski definition) is 10. The second-order valence-electron chi connectivity index (χ2n) is 7.82. The van der Waals surface area contributed by atoms with Gasteiger partial charge in [-0.1, -0.05) is 11.2 Å². The molecule has 36 heavy (non-hydrogen) atoms. The lowest BCUT2D eigenvalue weighted by atomic mass is 10.0. The number of β-lactam (4-membered cyclic amide) rings is 1. The van der Waals surface area contributed by atoms with E-state index in [1.807, 2.05) is 45.8 Å². The molecule has 0 spiro atoms. The van der Waals surface area contributed by atoms with Gasteiger partial charge in [0.05, 0.1) is 6.20 Å². The number of oxime groups is 1. The molecule has 0 unspecified atom stereocenters. The van der Waals surface area contributed by atoms with Crippen LogP contribution in [0, 0.1) is 0 Å². The van der Waals surface area contributed by atoms with Gasteiger partial charge in [0.2, 0.25) is 11.5 Å². The fourth-order valence-corrected chi connectivity index (χ4v) is 5.81. The van der Waals surface area contributed by atoms with Gasteiger partial charge in [0.15, 0.2) is 5.13 Å². The number of thioether (sulfide) groups is 1. The molecule has 0 saturated carbocycles. The van der Waals surface area contributed by atoms with E-state index in [2.05, 4.69) is 19.8 Å². The Kier molecular flexibility index (Phi) is 6.32. The van der Waals surface area contributed by atoms with Crippen LogP contribution in [0.15, 0.2) is 53.2 Å². The van der Waals surface area contributed by atoms with Crippen molar-refractivity contribution in [3.8, 4) is 0 Å². The molecule has 3 aromatic heterocycles. The van der Waals surface area contributed by atoms with E-state index in [4.69, 9.17) is 10.6 Å². The van der Waals surface area contributed by atoms with Crippen LogP contribution in [-0.4, -0.2) is 71.0 Å². The molecule has 0 bridgehead atoms. The minimum Gasteiger partial charge on any atom is -0.477 e. The smallest absolute Gasteiger partial charge is 0.352 e. The quantitative estimate of drug-likeness (QED) is 0.155. The fraction of sp³-hybridized carbons (Fsp3) is 0.286. The number of nitrogens with zero attached hydrogens (tertiary/aromatic N) is 6. The van der Waals surface area contributed by atoms with E-state index < -0.39 is 29.2 Å². The summed E-state index contributed by atoms with van der Waals surface area (Å²) in [5, 5.41) is 15.9. The van der Waals surface area contributed by atoms with Gasteiger partial charge in [0, 0.05) is 28.9 Å². The molecule has 0 aliphatic carbocycles. The number of anilines is 1. The van der Waals surface area contributed by atoms with Crippen molar-refractivity contribution >= 4 is 57.6 Å². The van der Waals surface area contributed by atoms with Gasteiger partial charge in [-0.2, -0.15) is 9.36 Å². The standard InChI is InChI=1S/C21H20N8O5S2/c1-2-34-25-13(16-24-21(22)36-26-16)17(30)23-14-18(31)29-15(20(32)33)11(10-35-19(14)29)9-28-8-7-27-6-4-3-5-12(27)28/h3-8,14,19H,2,9-10H2,1H3,(H3-,22,23,24,26,30,32,33)/p+1/b25-13+/t14-,19-/m1/s1. The van der Waals surface area contributed by atoms with Crippen LogP contribution in [0.25, 0.3) is 5.65 Å². The van der Waals surface area contributed by atoms with Crippen LogP contribution in [0.4, 0.5) is 5.13 Å². The first kappa shape index (κ1) is 23.7. The number of aromatic nitrogens is 4. The number of carbonyl (C=O) groups excluding carboxylic acids is 2. The number of rotatable bonds is 8. The zero-order chi connectivity index (χ0) is 25.4. The number of fused-ring (bicyclic) bond motifs is 2. The van der Waals surface area contributed by atoms with Crippen LogP contribution in [0.1, 0.15) is 12.7 Å². The first-order valence-corrected chi connectivity index (χ1v) is 12.7. The topological polar surface area (TPSA) is 168 Å². The van der Waals surface area contributed by atoms with Crippen molar-refractivity contribution in [2.24, 2.45) is 5.16 Å². The Bertz CT molecular complexity index is 1430. The zero-order valence-electron chi connectivity index (χ0n) is 18.9. The van der Waals surface area contributed by atoms with E-state index in [-0.39, 0.29) is 29.0 Å². The third kappa shape index (κ3) is 4.15. The van der Waals surface area contributed by atoms with Crippen molar-refractivity contribution in [1.29, 1.82) is 0 Å². The first-order chi connectivity index (χ1) is 17.4. The van der Waals surface area contributed by atoms with Crippen molar-refractivity contribution in [2.75, 3.05) is 18.1 Å². The molecule has 1 saturated heterocycles. The lowest BCUT2D eigenvalue weighted by Gasteiger charge is -2.49. The predicted molar refractivity (Wildman–Crippen MR) is 130 cm³/mol. The highest BCUT2D eigenvalue weighted by molar-refractivity contribution is 8.00. The zero-order valence-corrected chi connectivity index (χ0v) is 20.5. The number of aliphatic carboxylic acids is 1. The minimum atomic E-state index is -1.20. The van der Waals surface area contributed by atoms with E-state index in [9.17, 15) is 19.5 Å². The highest BCUT2D eigenvalue weighted by atomic mass is 32.2. The second kappa shape index (κ2) is 9.58. The number of carboxylic acid groups (broad SMARTS) is 1. The van der Waals surface area contributed by atoms with Gasteiger partial charge in [-0.15, -0.1) is 11.8 Å². The van der Waals surface area contributed by atoms with Gasteiger partial charge in [-0.05, 0) is 13.0 Å². The Morgan fingerprint density at radius 1 is 1.39 bits per heavy atom. The van der Waals surface area contributed by atoms with Crippen LogP contribution >= 0.6 is 23.3 Å². The van der Waals surface area contributed by atoms with Crippen LogP contribution in [-0.2, 0) is 25.8 Å². The molecule has 2 aliphatic rings. The van der Waals surface area contributed by atoms with Gasteiger partial charge in [0.1, 0.15) is 42.7 Å². The van der Waals surface area contributed by atoms with Crippen molar-refractivity contribution < 1.29 is 28.9 Å². The number of nitrogens with two attached hydrogens (primary N) is 1. The van der Waals surface area contributed by atoms with E-state index in [1.54, 1.807) is 6.92 Å². The molecule has 186 valence electrons. The monoisotopic (exact) mass is 529 g/mol. The number of hydrogen-bond donors (Lipinski definition) is 3. The molecule has 4 N–H and O–H groups in total. The Hall–Kier alpha value is -3.98. The molecule has 3 aromatic rings. The lowest BCUT2D eigenvalue weighted by molar-refractivity contribution is -0.662. The molecule has 15 heteroatoms. The minimum absolute atomic E-state index is 0.0198. The van der Waals surface area contributed by atoms with Crippen molar-refractivity contribution in [3.63, 3.8) is 0 Å². The molecular weight excluding hydrogens is 508 g/mol. The SMILES string of the molecule is CCO/N=C(/C(=O)N[C@@H]1C(=O)N2C(C(=O)O)=C(C[n+]3ccn4ccccc43)CS[C@H]12)c1nsc(N)n1. The number of carboxylic acids is 1. The first-order valence-electron chi connectivity index (χ1n) is 10.8. The van der Waals surface area contributed by atoms with Crippen LogP contribution in [0.5, 0.6) is 0 Å². The Labute approximate surface area is 212 Å². The molecule has 5 heterocycles. The van der Waals surface area contributed by atoms with Gasteiger partial charge in [-0.3, -0.25) is 14.5 Å². The number of nitrogen functional groups attached to an aromatic ring is 1. The number of carbonyl (C=O) groups is 3. The lowest BCUT2D eigenvalue weighted by Crippen LogP contribution is -2.71. The summed E-state index contributed by atoms with van der Waals surface area (Å²) < 4.78 is 7.83. The molecule has 0 aromatic carbocycles. The average Bonchev–Trinajstić information content (AvgIpc) is 3.48. The Balaban J connectivity index is 1.37. The molecule has 13 nitrogen and oxygen atoms in total. The number of pyridine rings is 1. The predicted octanol–water partition coefficient (Wildman–Crippen LogP) is -0.160. The molecule has 5 rings (SSSR count). The molecule has 2 amide bonds. The van der Waals surface area contributed by atoms with Crippen molar-refractivity contribution in [3.05, 3.63) is 53.9 Å². The summed E-state index contributed by atoms with van der Waals surface area (Å²) >= 11 is 2.27. The number of imidazole rings is 1. The third-order valence-electron chi connectivity index (χ3n) is 5.62. The maximum absolute atomic E-state index is 13.1. The van der Waals surface area contributed by atoms with Crippen LogP contribution in [0.2, 0.25) is 0 Å².